The van der Waals surface area contributed by atoms with Gasteiger partial charge in [-0.15, -0.1) is 11.3 Å². The minimum absolute atomic E-state index is 0.228. The number of hydrogen-bond donors (Lipinski definition) is 1. The van der Waals surface area contributed by atoms with Crippen molar-refractivity contribution in [2.45, 2.75) is 26.2 Å². The van der Waals surface area contributed by atoms with Crippen molar-refractivity contribution in [3.8, 4) is 0 Å². The Hall–Kier alpha value is -1.06. The second-order valence-corrected chi connectivity index (χ2v) is 7.39. The number of benzene rings is 1. The van der Waals surface area contributed by atoms with Crippen LogP contribution in [-0.2, 0) is 5.41 Å². The highest BCUT2D eigenvalue weighted by Crippen LogP contribution is 2.35. The van der Waals surface area contributed by atoms with Crippen LogP contribution in [0.15, 0.2) is 24.3 Å². The molecular formula is C16H22N2S. The standard InChI is InChI=1S/C16H22N2S/c1-16(2,3)13-4-5-14-12(10-13)11-15(19-14)18-8-6-17-7-9-18/h4-5,10-11,17H,6-9H2,1-3H3. The molecule has 0 saturated carbocycles. The van der Waals surface area contributed by atoms with E-state index < -0.39 is 0 Å². The summed E-state index contributed by atoms with van der Waals surface area (Å²) in [5, 5.41) is 6.22. The Kier molecular flexibility index (Phi) is 3.27. The average molecular weight is 274 g/mol. The molecule has 3 heteroatoms. The predicted octanol–water partition coefficient (Wildman–Crippen LogP) is 3.61. The summed E-state index contributed by atoms with van der Waals surface area (Å²) in [5.41, 5.74) is 1.65. The van der Waals surface area contributed by atoms with E-state index in [0.29, 0.717) is 0 Å². The van der Waals surface area contributed by atoms with E-state index in [2.05, 4.69) is 55.3 Å². The Bertz CT molecular complexity index is 574. The molecule has 2 aromatic rings. The van der Waals surface area contributed by atoms with E-state index in [0.717, 1.165) is 26.2 Å². The lowest BCUT2D eigenvalue weighted by Crippen LogP contribution is -2.43. The normalized spacial score (nSPS) is 17.1. The molecular weight excluding hydrogens is 252 g/mol. The van der Waals surface area contributed by atoms with E-state index in [1.165, 1.54) is 20.7 Å². The van der Waals surface area contributed by atoms with Gasteiger partial charge in [0.2, 0.25) is 0 Å². The number of fused-ring (bicyclic) bond motifs is 1. The summed E-state index contributed by atoms with van der Waals surface area (Å²) in [4.78, 5) is 2.50. The van der Waals surface area contributed by atoms with E-state index >= 15 is 0 Å². The van der Waals surface area contributed by atoms with Crippen molar-refractivity contribution in [1.29, 1.82) is 0 Å². The number of piperazine rings is 1. The maximum atomic E-state index is 3.41. The van der Waals surface area contributed by atoms with Crippen molar-refractivity contribution < 1.29 is 0 Å². The summed E-state index contributed by atoms with van der Waals surface area (Å²) in [6.07, 6.45) is 0. The van der Waals surface area contributed by atoms with Crippen molar-refractivity contribution in [3.05, 3.63) is 29.8 Å². The van der Waals surface area contributed by atoms with Crippen LogP contribution >= 0.6 is 11.3 Å². The third-order valence-electron chi connectivity index (χ3n) is 3.80. The Morgan fingerprint density at radius 3 is 2.53 bits per heavy atom. The number of hydrogen-bond acceptors (Lipinski definition) is 3. The van der Waals surface area contributed by atoms with Crippen molar-refractivity contribution in [3.63, 3.8) is 0 Å². The third-order valence-corrected chi connectivity index (χ3v) is 4.97. The summed E-state index contributed by atoms with van der Waals surface area (Å²) >= 11 is 1.92. The Morgan fingerprint density at radius 2 is 1.84 bits per heavy atom. The van der Waals surface area contributed by atoms with E-state index in [1.807, 2.05) is 11.3 Å². The van der Waals surface area contributed by atoms with Gasteiger partial charge in [0, 0.05) is 30.9 Å². The number of anilines is 1. The number of thiophene rings is 1. The smallest absolute Gasteiger partial charge is 0.0921 e. The first-order chi connectivity index (χ1) is 9.04. The van der Waals surface area contributed by atoms with Gasteiger partial charge in [-0.1, -0.05) is 26.8 Å². The summed E-state index contributed by atoms with van der Waals surface area (Å²) in [6, 6.07) is 9.28. The van der Waals surface area contributed by atoms with Crippen LogP contribution in [0, 0.1) is 0 Å². The molecule has 1 saturated heterocycles. The Labute approximate surface area is 119 Å². The minimum atomic E-state index is 0.228. The molecule has 3 rings (SSSR count). The van der Waals surface area contributed by atoms with Crippen LogP contribution < -0.4 is 10.2 Å². The first-order valence-electron chi connectivity index (χ1n) is 7.04. The quantitative estimate of drug-likeness (QED) is 0.854. The molecule has 1 N–H and O–H groups in total. The lowest BCUT2D eigenvalue weighted by Gasteiger charge is -2.27. The predicted molar refractivity (Wildman–Crippen MR) is 85.6 cm³/mol. The second-order valence-electron chi connectivity index (χ2n) is 6.32. The van der Waals surface area contributed by atoms with E-state index in [4.69, 9.17) is 0 Å². The maximum absolute atomic E-state index is 3.41. The van der Waals surface area contributed by atoms with Crippen molar-refractivity contribution in [1.82, 2.24) is 5.32 Å². The van der Waals surface area contributed by atoms with Crippen LogP contribution in [0.2, 0.25) is 0 Å². The zero-order valence-corrected chi connectivity index (χ0v) is 12.8. The summed E-state index contributed by atoms with van der Waals surface area (Å²) in [7, 11) is 0. The molecule has 0 radical (unpaired) electrons. The molecule has 0 bridgehead atoms. The fraction of sp³-hybridized carbons (Fsp3) is 0.500. The molecule has 2 heterocycles. The van der Waals surface area contributed by atoms with Gasteiger partial charge in [-0.2, -0.15) is 0 Å². The van der Waals surface area contributed by atoms with Crippen LogP contribution in [0.25, 0.3) is 10.1 Å². The molecule has 1 aromatic carbocycles. The van der Waals surface area contributed by atoms with Gasteiger partial charge in [-0.3, -0.25) is 0 Å². The largest absolute Gasteiger partial charge is 0.361 e. The van der Waals surface area contributed by atoms with Crippen LogP contribution in [0.1, 0.15) is 26.3 Å². The highest BCUT2D eigenvalue weighted by molar-refractivity contribution is 7.22. The molecule has 0 amide bonds. The van der Waals surface area contributed by atoms with Crippen molar-refractivity contribution in [2.75, 3.05) is 31.1 Å². The van der Waals surface area contributed by atoms with E-state index in [9.17, 15) is 0 Å². The lowest BCUT2D eigenvalue weighted by atomic mass is 9.87. The topological polar surface area (TPSA) is 15.3 Å². The van der Waals surface area contributed by atoms with Gasteiger partial charge in [-0.05, 0) is 34.6 Å². The van der Waals surface area contributed by atoms with Crippen LogP contribution in [0.4, 0.5) is 5.00 Å². The first-order valence-corrected chi connectivity index (χ1v) is 7.85. The Balaban J connectivity index is 1.96. The molecule has 0 spiro atoms. The molecule has 1 aliphatic rings. The molecule has 102 valence electrons. The van der Waals surface area contributed by atoms with E-state index in [1.54, 1.807) is 0 Å². The van der Waals surface area contributed by atoms with Gasteiger partial charge >= 0.3 is 0 Å². The Morgan fingerprint density at radius 1 is 1.11 bits per heavy atom. The number of rotatable bonds is 1. The minimum Gasteiger partial charge on any atom is -0.361 e. The molecule has 1 aliphatic heterocycles. The van der Waals surface area contributed by atoms with Crippen LogP contribution in [-0.4, -0.2) is 26.2 Å². The van der Waals surface area contributed by atoms with Gasteiger partial charge < -0.3 is 10.2 Å². The molecule has 1 aromatic heterocycles. The van der Waals surface area contributed by atoms with Crippen molar-refractivity contribution in [2.24, 2.45) is 0 Å². The van der Waals surface area contributed by atoms with E-state index in [-0.39, 0.29) is 5.41 Å². The van der Waals surface area contributed by atoms with Gasteiger partial charge in [-0.25, -0.2) is 0 Å². The number of nitrogens with zero attached hydrogens (tertiary/aromatic N) is 1. The summed E-state index contributed by atoms with van der Waals surface area (Å²) < 4.78 is 1.40. The second kappa shape index (κ2) is 4.80. The fourth-order valence-corrected chi connectivity index (χ4v) is 3.63. The SMILES string of the molecule is CC(C)(C)c1ccc2sc(N3CCNCC3)cc2c1. The molecule has 19 heavy (non-hydrogen) atoms. The van der Waals surface area contributed by atoms with Gasteiger partial charge in [0.25, 0.3) is 0 Å². The lowest BCUT2D eigenvalue weighted by molar-refractivity contribution is 0.591. The maximum Gasteiger partial charge on any atom is 0.0921 e. The highest BCUT2D eigenvalue weighted by Gasteiger charge is 2.16. The summed E-state index contributed by atoms with van der Waals surface area (Å²) in [6.45, 7) is 11.3. The van der Waals surface area contributed by atoms with Gasteiger partial charge in [0.05, 0.1) is 5.00 Å². The highest BCUT2D eigenvalue weighted by atomic mass is 32.1. The molecule has 0 aliphatic carbocycles. The zero-order valence-electron chi connectivity index (χ0n) is 12.0. The zero-order chi connectivity index (χ0) is 13.5. The molecule has 0 unspecified atom stereocenters. The van der Waals surface area contributed by atoms with Crippen LogP contribution in [0.5, 0.6) is 0 Å². The van der Waals surface area contributed by atoms with Crippen LogP contribution in [0.3, 0.4) is 0 Å². The average Bonchev–Trinajstić information content (AvgIpc) is 2.81. The number of nitrogens with one attached hydrogen (secondary N) is 1. The first kappa shape index (κ1) is 12.9. The molecule has 0 atom stereocenters. The van der Waals surface area contributed by atoms with Gasteiger partial charge in [0.15, 0.2) is 0 Å². The molecule has 2 nitrogen and oxygen atoms in total. The fourth-order valence-electron chi connectivity index (χ4n) is 2.54. The molecule has 1 fully saturated rings. The monoisotopic (exact) mass is 274 g/mol. The van der Waals surface area contributed by atoms with Crippen molar-refractivity contribution >= 4 is 26.4 Å². The third kappa shape index (κ3) is 2.63. The summed E-state index contributed by atoms with van der Waals surface area (Å²) in [5.74, 6) is 0. The van der Waals surface area contributed by atoms with Gasteiger partial charge in [0.1, 0.15) is 0 Å².